The Bertz CT molecular complexity index is 1010. The highest BCUT2D eigenvalue weighted by Crippen LogP contribution is 2.46. The van der Waals surface area contributed by atoms with Crippen LogP contribution in [-0.2, 0) is 9.84 Å². The van der Waals surface area contributed by atoms with E-state index in [1.54, 1.807) is 18.2 Å². The number of hydrogen-bond donors (Lipinski definition) is 1. The third-order valence-corrected chi connectivity index (χ3v) is 7.51. The summed E-state index contributed by atoms with van der Waals surface area (Å²) in [6, 6.07) is 12.1. The van der Waals surface area contributed by atoms with Crippen LogP contribution in [0.2, 0.25) is 0 Å². The number of hydrogen-bond acceptors (Lipinski definition) is 5. The van der Waals surface area contributed by atoms with E-state index in [9.17, 15) is 17.9 Å². The van der Waals surface area contributed by atoms with Crippen molar-refractivity contribution >= 4 is 9.84 Å². The molecule has 1 heterocycles. The van der Waals surface area contributed by atoms with E-state index < -0.39 is 15.9 Å². The van der Waals surface area contributed by atoms with Gasteiger partial charge in [-0.05, 0) is 49.8 Å². The van der Waals surface area contributed by atoms with E-state index >= 15 is 0 Å². The van der Waals surface area contributed by atoms with Gasteiger partial charge in [-0.15, -0.1) is 0 Å². The summed E-state index contributed by atoms with van der Waals surface area (Å²) in [7, 11) is 0.832. The lowest BCUT2D eigenvalue weighted by atomic mass is 9.94. The molecule has 4 atom stereocenters. The van der Waals surface area contributed by atoms with Crippen molar-refractivity contribution in [3.63, 3.8) is 0 Å². The summed E-state index contributed by atoms with van der Waals surface area (Å²) >= 11 is 0. The molecule has 29 heavy (non-hydrogen) atoms. The number of aliphatic hydroxyl groups excluding tert-OH is 1. The zero-order valence-corrected chi connectivity index (χ0v) is 17.7. The number of rotatable bonds is 4. The summed E-state index contributed by atoms with van der Waals surface area (Å²) < 4.78 is 38.1. The van der Waals surface area contributed by atoms with Gasteiger partial charge in [0.2, 0.25) is 0 Å². The molecule has 2 unspecified atom stereocenters. The quantitative estimate of drug-likeness (QED) is 0.827. The minimum atomic E-state index is -3.23. The number of nitrogens with zero attached hydrogens (tertiary/aromatic N) is 2. The molecule has 0 radical (unpaired) electrons. The highest BCUT2D eigenvalue weighted by Gasteiger charge is 2.43. The number of likely N-dealkylation sites (N-methyl/N-ethyl adjacent to an activating group) is 1. The monoisotopic (exact) mass is 418 g/mol. The van der Waals surface area contributed by atoms with E-state index in [2.05, 4.69) is 9.80 Å². The molecule has 0 bridgehead atoms. The molecule has 156 valence electrons. The van der Waals surface area contributed by atoms with Crippen LogP contribution < -0.4 is 0 Å². The SMILES string of the molecule is CN(C)[C@H]1CN(C2CC(O)c3cccc(F)c32)C[C@@H]1c1ccc(S(C)(=O)=O)cc1. The van der Waals surface area contributed by atoms with Crippen LogP contribution in [0, 0.1) is 5.82 Å². The van der Waals surface area contributed by atoms with Gasteiger partial charge >= 0.3 is 0 Å². The van der Waals surface area contributed by atoms with E-state index in [1.807, 2.05) is 32.3 Å². The number of halogens is 1. The fourth-order valence-corrected chi connectivity index (χ4v) is 5.50. The van der Waals surface area contributed by atoms with Crippen molar-refractivity contribution in [3.8, 4) is 0 Å². The van der Waals surface area contributed by atoms with Crippen LogP contribution in [0.5, 0.6) is 0 Å². The Morgan fingerprint density at radius 1 is 1.10 bits per heavy atom. The zero-order chi connectivity index (χ0) is 20.9. The van der Waals surface area contributed by atoms with Gasteiger partial charge in [0.25, 0.3) is 0 Å². The van der Waals surface area contributed by atoms with Gasteiger partial charge in [0.1, 0.15) is 5.82 Å². The number of sulfone groups is 1. The average molecular weight is 419 g/mol. The molecule has 0 aromatic heterocycles. The van der Waals surface area contributed by atoms with Gasteiger partial charge in [-0.25, -0.2) is 12.8 Å². The van der Waals surface area contributed by atoms with E-state index in [4.69, 9.17) is 0 Å². The van der Waals surface area contributed by atoms with Gasteiger partial charge < -0.3 is 10.0 Å². The van der Waals surface area contributed by atoms with Gasteiger partial charge in [-0.1, -0.05) is 24.3 Å². The van der Waals surface area contributed by atoms with Crippen molar-refractivity contribution < 1.29 is 17.9 Å². The molecule has 4 rings (SSSR count). The second-order valence-corrected chi connectivity index (χ2v) is 10.5. The van der Waals surface area contributed by atoms with Crippen LogP contribution in [0.3, 0.4) is 0 Å². The predicted octanol–water partition coefficient (Wildman–Crippen LogP) is 2.74. The van der Waals surface area contributed by atoms with Crippen molar-refractivity contribution in [3.05, 3.63) is 65.0 Å². The highest BCUT2D eigenvalue weighted by atomic mass is 32.2. The Hall–Kier alpha value is -1.80. The fraction of sp³-hybridized carbons (Fsp3) is 0.455. The molecular formula is C22H27FN2O3S. The van der Waals surface area contributed by atoms with Crippen LogP contribution >= 0.6 is 0 Å². The summed E-state index contributed by atoms with van der Waals surface area (Å²) in [4.78, 5) is 4.74. The second-order valence-electron chi connectivity index (χ2n) is 8.44. The normalized spacial score (nSPS) is 27.5. The summed E-state index contributed by atoms with van der Waals surface area (Å²) in [6.45, 7) is 1.49. The van der Waals surface area contributed by atoms with E-state index in [-0.39, 0.29) is 23.8 Å². The smallest absolute Gasteiger partial charge is 0.175 e. The molecule has 1 aliphatic carbocycles. The topological polar surface area (TPSA) is 60.9 Å². The third kappa shape index (κ3) is 3.72. The molecule has 0 spiro atoms. The summed E-state index contributed by atoms with van der Waals surface area (Å²) in [6.07, 6.45) is 1.06. The Balaban J connectivity index is 1.64. The first-order valence-electron chi connectivity index (χ1n) is 9.83. The van der Waals surface area contributed by atoms with Gasteiger partial charge in [0, 0.05) is 42.9 Å². The van der Waals surface area contributed by atoms with Gasteiger partial charge in [0.15, 0.2) is 9.84 Å². The van der Waals surface area contributed by atoms with Gasteiger partial charge in [-0.2, -0.15) is 0 Å². The van der Waals surface area contributed by atoms with Crippen LogP contribution in [0.15, 0.2) is 47.4 Å². The molecule has 1 saturated heterocycles. The van der Waals surface area contributed by atoms with Crippen LogP contribution in [0.4, 0.5) is 4.39 Å². The van der Waals surface area contributed by atoms with E-state index in [1.165, 1.54) is 12.3 Å². The lowest BCUT2D eigenvalue weighted by molar-refractivity contribution is 0.133. The molecule has 1 aliphatic heterocycles. The lowest BCUT2D eigenvalue weighted by Crippen LogP contribution is -2.35. The van der Waals surface area contributed by atoms with Crippen molar-refractivity contribution in [1.82, 2.24) is 9.80 Å². The van der Waals surface area contributed by atoms with Crippen molar-refractivity contribution in [1.29, 1.82) is 0 Å². The first-order chi connectivity index (χ1) is 13.7. The van der Waals surface area contributed by atoms with E-state index in [0.717, 1.165) is 18.7 Å². The maximum Gasteiger partial charge on any atom is 0.175 e. The van der Waals surface area contributed by atoms with Crippen molar-refractivity contribution in [2.45, 2.75) is 35.4 Å². The average Bonchev–Trinajstić information content (AvgIpc) is 3.24. The molecular weight excluding hydrogens is 391 g/mol. The Labute approximate surface area is 171 Å². The van der Waals surface area contributed by atoms with Crippen LogP contribution in [-0.4, -0.2) is 62.8 Å². The molecule has 7 heteroatoms. The standard InChI is InChI=1S/C22H27FN2O3S/c1-24(2)20-13-25(19-11-21(26)16-5-4-6-18(23)22(16)19)12-17(20)14-7-9-15(10-8-14)29(3,27)28/h4-10,17,19-21,26H,11-13H2,1-3H3/t17-,19?,20+,21?/m1/s1. The maximum atomic E-state index is 14.6. The lowest BCUT2D eigenvalue weighted by Gasteiger charge is -2.26. The molecule has 2 aliphatic rings. The summed E-state index contributed by atoms with van der Waals surface area (Å²) in [5.41, 5.74) is 2.38. The first-order valence-corrected chi connectivity index (χ1v) is 11.7. The molecule has 1 N–H and O–H groups in total. The molecule has 0 amide bonds. The summed E-state index contributed by atoms with van der Waals surface area (Å²) in [5.74, 6) is -0.0852. The maximum absolute atomic E-state index is 14.6. The Morgan fingerprint density at radius 2 is 1.79 bits per heavy atom. The minimum absolute atomic E-state index is 0.149. The van der Waals surface area contributed by atoms with Gasteiger partial charge in [-0.3, -0.25) is 4.90 Å². The van der Waals surface area contributed by atoms with Crippen molar-refractivity contribution in [2.24, 2.45) is 0 Å². The van der Waals surface area contributed by atoms with Crippen LogP contribution in [0.25, 0.3) is 0 Å². The number of benzene rings is 2. The summed E-state index contributed by atoms with van der Waals surface area (Å²) in [5, 5.41) is 10.4. The van der Waals surface area contributed by atoms with Crippen molar-refractivity contribution in [2.75, 3.05) is 33.4 Å². The highest BCUT2D eigenvalue weighted by molar-refractivity contribution is 7.90. The molecule has 2 aromatic carbocycles. The predicted molar refractivity (Wildman–Crippen MR) is 110 cm³/mol. The fourth-order valence-electron chi connectivity index (χ4n) is 4.87. The molecule has 0 saturated carbocycles. The number of fused-ring (bicyclic) bond motifs is 1. The second kappa shape index (κ2) is 7.47. The van der Waals surface area contributed by atoms with Gasteiger partial charge in [0.05, 0.1) is 11.0 Å². The molecule has 5 nitrogen and oxygen atoms in total. The van der Waals surface area contributed by atoms with E-state index in [0.29, 0.717) is 22.4 Å². The Morgan fingerprint density at radius 3 is 2.41 bits per heavy atom. The third-order valence-electron chi connectivity index (χ3n) is 6.38. The minimum Gasteiger partial charge on any atom is -0.388 e. The largest absolute Gasteiger partial charge is 0.388 e. The zero-order valence-electron chi connectivity index (χ0n) is 16.9. The molecule has 2 aromatic rings. The first kappa shape index (κ1) is 20.5. The number of likely N-dealkylation sites (tertiary alicyclic amines) is 1. The Kier molecular flexibility index (Phi) is 5.27. The number of aliphatic hydroxyl groups is 1. The molecule has 1 fully saturated rings. The van der Waals surface area contributed by atoms with Crippen LogP contribution in [0.1, 0.15) is 41.2 Å².